The molecule has 1 aromatic carbocycles. The number of fused-ring (bicyclic) bond motifs is 1. The van der Waals surface area contributed by atoms with Crippen molar-refractivity contribution in [3.63, 3.8) is 0 Å². The average Bonchev–Trinajstić information content (AvgIpc) is 2.53. The van der Waals surface area contributed by atoms with Crippen LogP contribution < -0.4 is 4.74 Å². The second kappa shape index (κ2) is 3.31. The number of aromatic nitrogens is 1. The molecule has 15 heavy (non-hydrogen) atoms. The molecule has 0 unspecified atom stereocenters. The number of hydrogen-bond donors (Lipinski definition) is 1. The van der Waals surface area contributed by atoms with Gasteiger partial charge in [0, 0.05) is 18.4 Å². The number of hydrogen-bond acceptors (Lipinski definition) is 3. The Labute approximate surface area is 86.7 Å². The smallest absolute Gasteiger partial charge is 0.230 e. The summed E-state index contributed by atoms with van der Waals surface area (Å²) in [5, 5.41) is 10.4. The maximum atomic E-state index is 11.4. The van der Waals surface area contributed by atoms with E-state index in [4.69, 9.17) is 4.74 Å². The third-order valence-corrected chi connectivity index (χ3v) is 2.30. The van der Waals surface area contributed by atoms with E-state index in [0.717, 1.165) is 5.39 Å². The summed E-state index contributed by atoms with van der Waals surface area (Å²) in [5.41, 5.74) is 0.602. The number of methoxy groups -OCH3 is 1. The van der Waals surface area contributed by atoms with Gasteiger partial charge in [0.2, 0.25) is 5.91 Å². The van der Waals surface area contributed by atoms with Crippen LogP contribution in [0.25, 0.3) is 10.9 Å². The van der Waals surface area contributed by atoms with E-state index in [1.807, 2.05) is 12.1 Å². The second-order valence-corrected chi connectivity index (χ2v) is 3.26. The minimum atomic E-state index is -0.244. The van der Waals surface area contributed by atoms with Gasteiger partial charge in [0.05, 0.1) is 7.11 Å². The highest BCUT2D eigenvalue weighted by molar-refractivity contribution is 5.97. The largest absolute Gasteiger partial charge is 0.495 e. The molecular formula is C11H11NO3. The van der Waals surface area contributed by atoms with Crippen molar-refractivity contribution in [2.75, 3.05) is 7.11 Å². The van der Waals surface area contributed by atoms with E-state index < -0.39 is 0 Å². The van der Waals surface area contributed by atoms with Crippen LogP contribution in [0.3, 0.4) is 0 Å². The molecule has 2 aromatic rings. The lowest BCUT2D eigenvalue weighted by atomic mass is 10.2. The first-order valence-electron chi connectivity index (χ1n) is 4.53. The van der Waals surface area contributed by atoms with Crippen LogP contribution in [0.2, 0.25) is 0 Å². The molecule has 0 bridgehead atoms. The fourth-order valence-corrected chi connectivity index (χ4v) is 1.70. The number of benzene rings is 1. The molecule has 1 heterocycles. The van der Waals surface area contributed by atoms with Gasteiger partial charge in [-0.05, 0) is 6.07 Å². The summed E-state index contributed by atoms with van der Waals surface area (Å²) < 4.78 is 6.38. The van der Waals surface area contributed by atoms with E-state index in [9.17, 15) is 9.90 Å². The van der Waals surface area contributed by atoms with E-state index in [1.54, 1.807) is 12.1 Å². The van der Waals surface area contributed by atoms with Gasteiger partial charge in [-0.1, -0.05) is 12.1 Å². The molecule has 0 spiro atoms. The van der Waals surface area contributed by atoms with Gasteiger partial charge in [0.15, 0.2) is 5.88 Å². The molecule has 4 heteroatoms. The van der Waals surface area contributed by atoms with E-state index in [2.05, 4.69) is 0 Å². The first-order valence-corrected chi connectivity index (χ1v) is 4.53. The summed E-state index contributed by atoms with van der Waals surface area (Å²) in [7, 11) is 1.53. The quantitative estimate of drug-likeness (QED) is 0.774. The molecule has 0 fully saturated rings. The molecule has 2 rings (SSSR count). The molecule has 0 saturated heterocycles. The van der Waals surface area contributed by atoms with Crippen molar-refractivity contribution < 1.29 is 14.6 Å². The average molecular weight is 205 g/mol. The van der Waals surface area contributed by atoms with E-state index in [0.29, 0.717) is 11.3 Å². The highest BCUT2D eigenvalue weighted by Crippen LogP contribution is 2.31. The van der Waals surface area contributed by atoms with Crippen molar-refractivity contribution in [2.45, 2.75) is 6.92 Å². The number of rotatable bonds is 1. The Morgan fingerprint density at radius 3 is 2.80 bits per heavy atom. The predicted molar refractivity (Wildman–Crippen MR) is 56.5 cm³/mol. The monoisotopic (exact) mass is 205 g/mol. The normalized spacial score (nSPS) is 10.5. The number of nitrogens with zero attached hydrogens (tertiary/aromatic N) is 1. The van der Waals surface area contributed by atoms with Gasteiger partial charge in [-0.25, -0.2) is 4.57 Å². The summed E-state index contributed by atoms with van der Waals surface area (Å²) >= 11 is 0. The molecule has 4 nitrogen and oxygen atoms in total. The Hall–Kier alpha value is -1.97. The Morgan fingerprint density at radius 1 is 1.47 bits per heavy atom. The van der Waals surface area contributed by atoms with Gasteiger partial charge < -0.3 is 9.84 Å². The fourth-order valence-electron chi connectivity index (χ4n) is 1.70. The van der Waals surface area contributed by atoms with Crippen LogP contribution in [0, 0.1) is 0 Å². The number of para-hydroxylation sites is 1. The molecule has 0 atom stereocenters. The van der Waals surface area contributed by atoms with E-state index in [1.165, 1.54) is 18.6 Å². The molecule has 0 amide bonds. The van der Waals surface area contributed by atoms with Crippen molar-refractivity contribution in [1.29, 1.82) is 0 Å². The zero-order chi connectivity index (χ0) is 11.0. The van der Waals surface area contributed by atoms with Crippen molar-refractivity contribution in [2.24, 2.45) is 0 Å². The molecule has 0 aliphatic rings. The zero-order valence-corrected chi connectivity index (χ0v) is 8.52. The van der Waals surface area contributed by atoms with Crippen LogP contribution in [-0.4, -0.2) is 22.7 Å². The third kappa shape index (κ3) is 1.34. The van der Waals surface area contributed by atoms with E-state index >= 15 is 0 Å². The Balaban J connectivity index is 2.88. The van der Waals surface area contributed by atoms with Gasteiger partial charge >= 0.3 is 0 Å². The molecule has 0 radical (unpaired) electrons. The first kappa shape index (κ1) is 9.58. The van der Waals surface area contributed by atoms with Gasteiger partial charge in [-0.2, -0.15) is 0 Å². The fraction of sp³-hybridized carbons (Fsp3) is 0.182. The summed E-state index contributed by atoms with van der Waals surface area (Å²) in [6.07, 6.45) is 0. The van der Waals surface area contributed by atoms with Crippen LogP contribution in [-0.2, 0) is 0 Å². The van der Waals surface area contributed by atoms with Crippen molar-refractivity contribution in [1.82, 2.24) is 4.57 Å². The first-order chi connectivity index (χ1) is 7.15. The molecule has 1 aromatic heterocycles. The lowest BCUT2D eigenvalue weighted by Gasteiger charge is -2.05. The summed E-state index contributed by atoms with van der Waals surface area (Å²) in [4.78, 5) is 11.4. The van der Waals surface area contributed by atoms with Gasteiger partial charge in [0.25, 0.3) is 0 Å². The maximum absolute atomic E-state index is 11.4. The molecule has 0 aliphatic carbocycles. The molecule has 0 saturated carbocycles. The highest BCUT2D eigenvalue weighted by atomic mass is 16.5. The van der Waals surface area contributed by atoms with Crippen LogP contribution in [0.4, 0.5) is 0 Å². The lowest BCUT2D eigenvalue weighted by molar-refractivity contribution is 0.0932. The van der Waals surface area contributed by atoms with Crippen LogP contribution in [0.15, 0.2) is 24.3 Å². The predicted octanol–water partition coefficient (Wildman–Crippen LogP) is 2.02. The van der Waals surface area contributed by atoms with Crippen molar-refractivity contribution in [3.05, 3.63) is 24.3 Å². The van der Waals surface area contributed by atoms with Crippen LogP contribution >= 0.6 is 0 Å². The Kier molecular flexibility index (Phi) is 2.11. The zero-order valence-electron chi connectivity index (χ0n) is 8.52. The Morgan fingerprint density at radius 2 is 2.20 bits per heavy atom. The minimum Gasteiger partial charge on any atom is -0.495 e. The number of carbonyl (C=O) groups excluding carboxylic acids is 1. The summed E-state index contributed by atoms with van der Waals surface area (Å²) in [6.45, 7) is 1.39. The molecular weight excluding hydrogens is 194 g/mol. The third-order valence-electron chi connectivity index (χ3n) is 2.30. The van der Waals surface area contributed by atoms with Crippen molar-refractivity contribution >= 4 is 16.8 Å². The Bertz CT molecular complexity index is 528. The summed E-state index contributed by atoms with van der Waals surface area (Å²) in [6, 6.07) is 6.92. The van der Waals surface area contributed by atoms with Gasteiger partial charge in [-0.15, -0.1) is 0 Å². The lowest BCUT2D eigenvalue weighted by Crippen LogP contribution is -2.05. The number of aromatic hydroxyl groups is 1. The number of carbonyl (C=O) groups is 1. The van der Waals surface area contributed by atoms with E-state index in [-0.39, 0.29) is 11.8 Å². The SMILES string of the molecule is COc1cccc2cc(O)n(C(C)=O)c12. The minimum absolute atomic E-state index is 0.0676. The van der Waals surface area contributed by atoms with Gasteiger partial charge in [-0.3, -0.25) is 4.79 Å². The highest BCUT2D eigenvalue weighted by Gasteiger charge is 2.14. The second-order valence-electron chi connectivity index (χ2n) is 3.26. The number of ether oxygens (including phenoxy) is 1. The summed E-state index contributed by atoms with van der Waals surface area (Å²) in [5.74, 6) is 0.261. The molecule has 78 valence electrons. The maximum Gasteiger partial charge on any atom is 0.230 e. The molecule has 1 N–H and O–H groups in total. The van der Waals surface area contributed by atoms with Gasteiger partial charge in [0.1, 0.15) is 11.3 Å². The molecule has 0 aliphatic heterocycles. The van der Waals surface area contributed by atoms with Crippen LogP contribution in [0.1, 0.15) is 11.7 Å². The van der Waals surface area contributed by atoms with Crippen LogP contribution in [0.5, 0.6) is 11.6 Å². The standard InChI is InChI=1S/C11H11NO3/c1-7(13)12-10(14)6-8-4-3-5-9(15-2)11(8)12/h3-6,14H,1-2H3. The van der Waals surface area contributed by atoms with Crippen molar-refractivity contribution in [3.8, 4) is 11.6 Å². The topological polar surface area (TPSA) is 51.5 Å².